The van der Waals surface area contributed by atoms with Crippen LogP contribution in [0, 0.1) is 5.82 Å². The van der Waals surface area contributed by atoms with Crippen LogP contribution in [0.3, 0.4) is 0 Å². The number of carbonyl (C=O) groups is 2. The first-order chi connectivity index (χ1) is 15.6. The van der Waals surface area contributed by atoms with Gasteiger partial charge < -0.3 is 10.6 Å². The van der Waals surface area contributed by atoms with E-state index in [1.54, 1.807) is 22.9 Å². The van der Waals surface area contributed by atoms with Crippen molar-refractivity contribution in [3.8, 4) is 5.69 Å². The fourth-order valence-corrected chi connectivity index (χ4v) is 4.26. The number of nitrogens with one attached hydrogen (secondary N) is 2. The molecule has 32 heavy (non-hydrogen) atoms. The molecule has 1 fully saturated rings. The van der Waals surface area contributed by atoms with Crippen LogP contribution in [0.2, 0.25) is 0 Å². The summed E-state index contributed by atoms with van der Waals surface area (Å²) in [6.07, 6.45) is 4.67. The van der Waals surface area contributed by atoms with Crippen LogP contribution in [0.15, 0.2) is 54.6 Å². The van der Waals surface area contributed by atoms with E-state index in [0.717, 1.165) is 42.5 Å². The zero-order valence-corrected chi connectivity index (χ0v) is 17.7. The van der Waals surface area contributed by atoms with Gasteiger partial charge in [0.25, 0.3) is 5.91 Å². The number of carbonyl (C=O) groups excluding carboxylic acids is 2. The van der Waals surface area contributed by atoms with Crippen LogP contribution in [0.5, 0.6) is 0 Å². The minimum Gasteiger partial charge on any atom is -0.352 e. The van der Waals surface area contributed by atoms with E-state index in [1.165, 1.54) is 6.07 Å². The average molecular weight is 432 g/mol. The van der Waals surface area contributed by atoms with Crippen molar-refractivity contribution in [2.45, 2.75) is 50.6 Å². The first kappa shape index (κ1) is 20.4. The standard InChI is InChI=1S/C25H25FN4O2/c26-19-10-4-5-11-22(19)30-21-12-6-9-18(21)23(29-30)25(32)28-20(24(31)27-17-13-14-17)15-16-7-2-1-3-8-16/h1-5,7-8,10-11,17,20H,6,9,12-15H2,(H,27,31)(H,28,32). The Bertz CT molecular complexity index is 1150. The number of nitrogens with zero attached hydrogens (tertiary/aromatic N) is 2. The molecule has 1 atom stereocenters. The molecule has 2 N–H and O–H groups in total. The van der Waals surface area contributed by atoms with Gasteiger partial charge in [0, 0.05) is 23.7 Å². The van der Waals surface area contributed by atoms with Crippen LogP contribution in [0.25, 0.3) is 5.69 Å². The van der Waals surface area contributed by atoms with Gasteiger partial charge in [-0.25, -0.2) is 9.07 Å². The van der Waals surface area contributed by atoms with Gasteiger partial charge in [-0.15, -0.1) is 0 Å². The lowest BCUT2D eigenvalue weighted by Gasteiger charge is -2.18. The van der Waals surface area contributed by atoms with Crippen LogP contribution in [-0.2, 0) is 24.1 Å². The average Bonchev–Trinajstić information content (AvgIpc) is 3.35. The Morgan fingerprint density at radius 2 is 1.81 bits per heavy atom. The van der Waals surface area contributed by atoms with Gasteiger partial charge in [0.1, 0.15) is 17.5 Å². The molecule has 7 heteroatoms. The van der Waals surface area contributed by atoms with E-state index in [9.17, 15) is 14.0 Å². The number of hydrogen-bond acceptors (Lipinski definition) is 3. The molecular formula is C25H25FN4O2. The fourth-order valence-electron chi connectivity index (χ4n) is 4.26. The lowest BCUT2D eigenvalue weighted by molar-refractivity contribution is -0.123. The van der Waals surface area contributed by atoms with Crippen LogP contribution >= 0.6 is 0 Å². The van der Waals surface area contributed by atoms with Gasteiger partial charge in [0.05, 0.1) is 0 Å². The summed E-state index contributed by atoms with van der Waals surface area (Å²) in [5, 5.41) is 10.4. The van der Waals surface area contributed by atoms with E-state index in [2.05, 4.69) is 15.7 Å². The van der Waals surface area contributed by atoms with Crippen LogP contribution in [-0.4, -0.2) is 33.7 Å². The first-order valence-corrected chi connectivity index (χ1v) is 11.1. The maximum Gasteiger partial charge on any atom is 0.272 e. The van der Waals surface area contributed by atoms with Gasteiger partial charge in [-0.05, 0) is 49.8 Å². The quantitative estimate of drug-likeness (QED) is 0.602. The third kappa shape index (κ3) is 4.15. The second-order valence-corrected chi connectivity index (χ2v) is 8.49. The van der Waals surface area contributed by atoms with Gasteiger partial charge in [-0.3, -0.25) is 9.59 Å². The Labute approximate surface area is 185 Å². The molecule has 1 heterocycles. The number of hydrogen-bond donors (Lipinski definition) is 2. The molecule has 2 aliphatic carbocycles. The summed E-state index contributed by atoms with van der Waals surface area (Å²) in [5.41, 5.74) is 3.27. The summed E-state index contributed by atoms with van der Waals surface area (Å²) in [5.74, 6) is -0.970. The normalized spacial score (nSPS) is 15.8. The van der Waals surface area contributed by atoms with Crippen LogP contribution in [0.4, 0.5) is 4.39 Å². The third-order valence-electron chi connectivity index (χ3n) is 6.05. The van der Waals surface area contributed by atoms with Gasteiger partial charge in [0.2, 0.25) is 5.91 Å². The van der Waals surface area contributed by atoms with Gasteiger partial charge in [-0.1, -0.05) is 42.5 Å². The molecule has 1 unspecified atom stereocenters. The minimum absolute atomic E-state index is 0.185. The van der Waals surface area contributed by atoms with Crippen LogP contribution < -0.4 is 10.6 Å². The zero-order chi connectivity index (χ0) is 22.1. The maximum atomic E-state index is 14.4. The van der Waals surface area contributed by atoms with E-state index in [0.29, 0.717) is 18.5 Å². The van der Waals surface area contributed by atoms with Crippen molar-refractivity contribution >= 4 is 11.8 Å². The number of rotatable bonds is 7. The molecule has 0 saturated heterocycles. The molecule has 1 aromatic heterocycles. The molecule has 5 rings (SSSR count). The Kier molecular flexibility index (Phi) is 5.47. The molecule has 164 valence electrons. The fraction of sp³-hybridized carbons (Fsp3) is 0.320. The smallest absolute Gasteiger partial charge is 0.272 e. The van der Waals surface area contributed by atoms with E-state index >= 15 is 0 Å². The highest BCUT2D eigenvalue weighted by atomic mass is 19.1. The Balaban J connectivity index is 1.42. The molecule has 0 spiro atoms. The van der Waals surface area contributed by atoms with Crippen molar-refractivity contribution in [1.82, 2.24) is 20.4 Å². The highest BCUT2D eigenvalue weighted by Gasteiger charge is 2.32. The molecular weight excluding hydrogens is 407 g/mol. The van der Waals surface area contributed by atoms with Gasteiger partial charge >= 0.3 is 0 Å². The Hall–Kier alpha value is -3.48. The second kappa shape index (κ2) is 8.57. The number of benzene rings is 2. The van der Waals surface area contributed by atoms with E-state index in [1.807, 2.05) is 30.3 Å². The number of para-hydroxylation sites is 1. The predicted octanol–water partition coefficient (Wildman–Crippen LogP) is 3.12. The van der Waals surface area contributed by atoms with Gasteiger partial charge in [0.15, 0.2) is 5.69 Å². The topological polar surface area (TPSA) is 76.0 Å². The monoisotopic (exact) mass is 432 g/mol. The first-order valence-electron chi connectivity index (χ1n) is 11.1. The molecule has 3 aromatic rings. The van der Waals surface area contributed by atoms with Crippen molar-refractivity contribution < 1.29 is 14.0 Å². The third-order valence-corrected chi connectivity index (χ3v) is 6.05. The summed E-state index contributed by atoms with van der Waals surface area (Å²) in [7, 11) is 0. The Morgan fingerprint density at radius 3 is 2.56 bits per heavy atom. The predicted molar refractivity (Wildman–Crippen MR) is 118 cm³/mol. The van der Waals surface area contributed by atoms with E-state index < -0.39 is 11.9 Å². The van der Waals surface area contributed by atoms with Crippen molar-refractivity contribution in [3.05, 3.63) is 82.9 Å². The summed E-state index contributed by atoms with van der Waals surface area (Å²) < 4.78 is 16.0. The highest BCUT2D eigenvalue weighted by molar-refractivity contribution is 5.97. The summed E-state index contributed by atoms with van der Waals surface area (Å²) in [6.45, 7) is 0. The lowest BCUT2D eigenvalue weighted by atomic mass is 10.0. The Morgan fingerprint density at radius 1 is 1.06 bits per heavy atom. The number of aromatic nitrogens is 2. The van der Waals surface area contributed by atoms with Gasteiger partial charge in [-0.2, -0.15) is 5.10 Å². The van der Waals surface area contributed by atoms with Crippen molar-refractivity contribution in [1.29, 1.82) is 0 Å². The molecule has 0 aliphatic heterocycles. The number of amides is 2. The summed E-state index contributed by atoms with van der Waals surface area (Å²) in [6, 6.07) is 15.5. The molecule has 1 saturated carbocycles. The molecule has 2 aliphatic rings. The second-order valence-electron chi connectivity index (χ2n) is 8.49. The van der Waals surface area contributed by atoms with E-state index in [-0.39, 0.29) is 23.5 Å². The lowest BCUT2D eigenvalue weighted by Crippen LogP contribution is -2.48. The molecule has 2 aromatic carbocycles. The van der Waals surface area contributed by atoms with Crippen LogP contribution in [0.1, 0.15) is 46.6 Å². The molecule has 6 nitrogen and oxygen atoms in total. The molecule has 2 amide bonds. The van der Waals surface area contributed by atoms with E-state index in [4.69, 9.17) is 0 Å². The molecule has 0 radical (unpaired) electrons. The SMILES string of the molecule is O=C(NC(Cc1ccccc1)C(=O)NC1CC1)c1nn(-c2ccccc2F)c2c1CCC2. The minimum atomic E-state index is -0.707. The summed E-state index contributed by atoms with van der Waals surface area (Å²) in [4.78, 5) is 26.1. The highest BCUT2D eigenvalue weighted by Crippen LogP contribution is 2.29. The largest absolute Gasteiger partial charge is 0.352 e. The van der Waals surface area contributed by atoms with Crippen molar-refractivity contribution in [2.24, 2.45) is 0 Å². The number of halogens is 1. The van der Waals surface area contributed by atoms with Crippen molar-refractivity contribution in [3.63, 3.8) is 0 Å². The van der Waals surface area contributed by atoms with Crippen molar-refractivity contribution in [2.75, 3.05) is 0 Å². The molecule has 0 bridgehead atoms. The number of fused-ring (bicyclic) bond motifs is 1. The zero-order valence-electron chi connectivity index (χ0n) is 17.7. The summed E-state index contributed by atoms with van der Waals surface area (Å²) >= 11 is 0. The maximum absolute atomic E-state index is 14.4.